The van der Waals surface area contributed by atoms with E-state index < -0.39 is 0 Å². The zero-order valence-corrected chi connectivity index (χ0v) is 8.14. The van der Waals surface area contributed by atoms with Gasteiger partial charge in [-0.3, -0.25) is 9.78 Å². The van der Waals surface area contributed by atoms with Crippen LogP contribution in [0.3, 0.4) is 0 Å². The maximum atomic E-state index is 11.4. The number of rotatable bonds is 3. The summed E-state index contributed by atoms with van der Waals surface area (Å²) in [4.78, 5) is 15.4. The number of amides is 1. The van der Waals surface area contributed by atoms with Crippen LogP contribution in [-0.2, 0) is 0 Å². The van der Waals surface area contributed by atoms with E-state index in [-0.39, 0.29) is 5.91 Å². The Balaban J connectivity index is 2.71. The van der Waals surface area contributed by atoms with Gasteiger partial charge in [0.05, 0.1) is 5.56 Å². The first-order chi connectivity index (χ1) is 6.25. The van der Waals surface area contributed by atoms with Crippen molar-refractivity contribution in [3.8, 4) is 0 Å². The van der Waals surface area contributed by atoms with Crippen molar-refractivity contribution in [3.05, 3.63) is 29.6 Å². The van der Waals surface area contributed by atoms with E-state index >= 15 is 0 Å². The van der Waals surface area contributed by atoms with Gasteiger partial charge in [0, 0.05) is 24.3 Å². The van der Waals surface area contributed by atoms with Gasteiger partial charge in [0.25, 0.3) is 5.91 Å². The Hall–Kier alpha value is -1.09. The van der Waals surface area contributed by atoms with Crippen LogP contribution < -0.4 is 5.32 Å². The van der Waals surface area contributed by atoms with Crippen molar-refractivity contribution < 1.29 is 4.79 Å². The van der Waals surface area contributed by atoms with Crippen LogP contribution in [0.5, 0.6) is 0 Å². The molecule has 0 radical (unpaired) electrons. The van der Waals surface area contributed by atoms with Crippen molar-refractivity contribution in [1.82, 2.24) is 10.3 Å². The summed E-state index contributed by atoms with van der Waals surface area (Å²) in [5, 5.41) is 2.68. The lowest BCUT2D eigenvalue weighted by atomic mass is 10.2. The number of carbonyl (C=O) groups is 1. The average Bonchev–Trinajstić information content (AvgIpc) is 2.15. The van der Waals surface area contributed by atoms with E-state index in [0.717, 1.165) is 5.69 Å². The van der Waals surface area contributed by atoms with Crippen LogP contribution in [0, 0.1) is 6.92 Å². The summed E-state index contributed by atoms with van der Waals surface area (Å²) in [5.74, 6) is 0.302. The third-order valence-corrected chi connectivity index (χ3v) is 1.82. The number of aryl methyl sites for hydroxylation is 1. The van der Waals surface area contributed by atoms with Crippen LogP contribution in [0.15, 0.2) is 18.3 Å². The summed E-state index contributed by atoms with van der Waals surface area (Å²) in [6.07, 6.45) is 1.66. The van der Waals surface area contributed by atoms with Crippen LogP contribution in [0.1, 0.15) is 16.1 Å². The SMILES string of the molecule is Cc1ncccc1C(=O)NCCCl. The van der Waals surface area contributed by atoms with Gasteiger partial charge in [-0.25, -0.2) is 0 Å². The van der Waals surface area contributed by atoms with Gasteiger partial charge in [-0.05, 0) is 19.1 Å². The molecule has 13 heavy (non-hydrogen) atoms. The molecule has 1 N–H and O–H groups in total. The summed E-state index contributed by atoms with van der Waals surface area (Å²) < 4.78 is 0. The zero-order chi connectivity index (χ0) is 9.68. The van der Waals surface area contributed by atoms with Gasteiger partial charge in [-0.15, -0.1) is 11.6 Å². The first kappa shape index (κ1) is 9.99. The number of nitrogens with zero attached hydrogens (tertiary/aromatic N) is 1. The Labute approximate surface area is 82.1 Å². The maximum absolute atomic E-state index is 11.4. The van der Waals surface area contributed by atoms with E-state index in [0.29, 0.717) is 18.0 Å². The van der Waals surface area contributed by atoms with Crippen molar-refractivity contribution in [1.29, 1.82) is 0 Å². The molecule has 1 amide bonds. The second-order valence-electron chi connectivity index (χ2n) is 2.58. The summed E-state index contributed by atoms with van der Waals surface area (Å²) in [7, 11) is 0. The molecule has 0 spiro atoms. The molecular formula is C9H11ClN2O. The number of aromatic nitrogens is 1. The molecule has 0 saturated carbocycles. The molecule has 0 aliphatic rings. The summed E-state index contributed by atoms with van der Waals surface area (Å²) in [6, 6.07) is 3.48. The molecule has 0 saturated heterocycles. The molecule has 0 aliphatic heterocycles. The highest BCUT2D eigenvalue weighted by molar-refractivity contribution is 6.18. The first-order valence-corrected chi connectivity index (χ1v) is 4.55. The Morgan fingerprint density at radius 1 is 1.69 bits per heavy atom. The van der Waals surface area contributed by atoms with Crippen LogP contribution in [0.25, 0.3) is 0 Å². The molecule has 1 aromatic rings. The quantitative estimate of drug-likeness (QED) is 0.746. The van der Waals surface area contributed by atoms with E-state index in [1.54, 1.807) is 25.3 Å². The minimum absolute atomic E-state index is 0.119. The minimum atomic E-state index is -0.119. The number of halogens is 1. The third kappa shape index (κ3) is 2.70. The number of alkyl halides is 1. The van der Waals surface area contributed by atoms with Crippen molar-refractivity contribution in [2.75, 3.05) is 12.4 Å². The normalized spacial score (nSPS) is 9.69. The minimum Gasteiger partial charge on any atom is -0.351 e. The first-order valence-electron chi connectivity index (χ1n) is 4.01. The van der Waals surface area contributed by atoms with E-state index in [4.69, 9.17) is 11.6 Å². The molecule has 70 valence electrons. The summed E-state index contributed by atoms with van der Waals surface area (Å²) in [5.41, 5.74) is 1.34. The highest BCUT2D eigenvalue weighted by Crippen LogP contribution is 2.02. The Bertz CT molecular complexity index is 301. The van der Waals surface area contributed by atoms with Crippen LogP contribution in [0.2, 0.25) is 0 Å². The van der Waals surface area contributed by atoms with Crippen molar-refractivity contribution in [2.24, 2.45) is 0 Å². The fourth-order valence-corrected chi connectivity index (χ4v) is 1.07. The molecule has 0 aromatic carbocycles. The molecule has 4 heteroatoms. The Morgan fingerprint density at radius 2 is 2.46 bits per heavy atom. The fourth-order valence-electron chi connectivity index (χ4n) is 0.980. The van der Waals surface area contributed by atoms with Crippen LogP contribution >= 0.6 is 11.6 Å². The summed E-state index contributed by atoms with van der Waals surface area (Å²) in [6.45, 7) is 2.28. The molecule has 1 rings (SSSR count). The number of hydrogen-bond donors (Lipinski definition) is 1. The monoisotopic (exact) mass is 198 g/mol. The predicted molar refractivity (Wildman–Crippen MR) is 52.0 cm³/mol. The molecule has 0 aliphatic carbocycles. The van der Waals surface area contributed by atoms with E-state index in [1.165, 1.54) is 0 Å². The second-order valence-corrected chi connectivity index (χ2v) is 2.96. The van der Waals surface area contributed by atoms with Gasteiger partial charge in [-0.1, -0.05) is 0 Å². The zero-order valence-electron chi connectivity index (χ0n) is 7.38. The highest BCUT2D eigenvalue weighted by Gasteiger charge is 2.07. The smallest absolute Gasteiger partial charge is 0.253 e. The molecule has 1 heterocycles. The lowest BCUT2D eigenvalue weighted by Crippen LogP contribution is -2.26. The van der Waals surface area contributed by atoms with Crippen LogP contribution in [-0.4, -0.2) is 23.3 Å². The molecule has 3 nitrogen and oxygen atoms in total. The van der Waals surface area contributed by atoms with Crippen molar-refractivity contribution >= 4 is 17.5 Å². The number of carbonyl (C=O) groups excluding carboxylic acids is 1. The largest absolute Gasteiger partial charge is 0.351 e. The van der Waals surface area contributed by atoms with Gasteiger partial charge in [-0.2, -0.15) is 0 Å². The van der Waals surface area contributed by atoms with Crippen molar-refractivity contribution in [2.45, 2.75) is 6.92 Å². The van der Waals surface area contributed by atoms with Gasteiger partial charge < -0.3 is 5.32 Å². The maximum Gasteiger partial charge on any atom is 0.253 e. The second kappa shape index (κ2) is 4.82. The van der Waals surface area contributed by atoms with Gasteiger partial charge in [0.1, 0.15) is 0 Å². The van der Waals surface area contributed by atoms with E-state index in [9.17, 15) is 4.79 Å². The lowest BCUT2D eigenvalue weighted by molar-refractivity contribution is 0.0955. The topological polar surface area (TPSA) is 42.0 Å². The molecule has 0 bridgehead atoms. The molecule has 0 unspecified atom stereocenters. The van der Waals surface area contributed by atoms with E-state index in [1.807, 2.05) is 0 Å². The lowest BCUT2D eigenvalue weighted by Gasteiger charge is -2.04. The molecule has 0 fully saturated rings. The Kier molecular flexibility index (Phi) is 3.71. The number of nitrogens with one attached hydrogen (secondary N) is 1. The van der Waals surface area contributed by atoms with E-state index in [2.05, 4.69) is 10.3 Å². The number of pyridine rings is 1. The Morgan fingerprint density at radius 3 is 3.08 bits per heavy atom. The highest BCUT2D eigenvalue weighted by atomic mass is 35.5. The summed E-state index contributed by atoms with van der Waals surface area (Å²) >= 11 is 5.44. The van der Waals surface area contributed by atoms with Crippen LogP contribution in [0.4, 0.5) is 0 Å². The average molecular weight is 199 g/mol. The third-order valence-electron chi connectivity index (χ3n) is 1.63. The number of hydrogen-bond acceptors (Lipinski definition) is 2. The fraction of sp³-hybridized carbons (Fsp3) is 0.333. The predicted octanol–water partition coefficient (Wildman–Crippen LogP) is 1.36. The molecular weight excluding hydrogens is 188 g/mol. The molecule has 1 aromatic heterocycles. The van der Waals surface area contributed by atoms with Gasteiger partial charge in [0.15, 0.2) is 0 Å². The molecule has 0 atom stereocenters. The van der Waals surface area contributed by atoms with Crippen molar-refractivity contribution in [3.63, 3.8) is 0 Å². The van der Waals surface area contributed by atoms with Gasteiger partial charge in [0.2, 0.25) is 0 Å². The standard InChI is InChI=1S/C9H11ClN2O/c1-7-8(3-2-5-11-7)9(13)12-6-4-10/h2-3,5H,4,6H2,1H3,(H,12,13). The van der Waals surface area contributed by atoms with Gasteiger partial charge >= 0.3 is 0 Å².